The minimum Gasteiger partial charge on any atom is -0.481 e. The van der Waals surface area contributed by atoms with E-state index in [9.17, 15) is 9.59 Å². The van der Waals surface area contributed by atoms with Crippen LogP contribution in [0.5, 0.6) is 0 Å². The predicted octanol–water partition coefficient (Wildman–Crippen LogP) is 2.83. The van der Waals surface area contributed by atoms with Crippen LogP contribution in [0.2, 0.25) is 0 Å². The fourth-order valence-corrected chi connectivity index (χ4v) is 3.28. The molecule has 0 aromatic carbocycles. The summed E-state index contributed by atoms with van der Waals surface area (Å²) in [6, 6.07) is 3.97. The number of hydrogen-bond acceptors (Lipinski definition) is 3. The summed E-state index contributed by atoms with van der Waals surface area (Å²) in [5, 5.41) is 11.9. The molecule has 1 amide bonds. The van der Waals surface area contributed by atoms with E-state index in [4.69, 9.17) is 5.11 Å². The van der Waals surface area contributed by atoms with Crippen molar-refractivity contribution in [3.8, 4) is 0 Å². The number of carboxylic acid groups (broad SMARTS) is 1. The number of aryl methyl sites for hydroxylation is 1. The highest BCUT2D eigenvalue weighted by atomic mass is 32.1. The molecule has 1 heterocycles. The van der Waals surface area contributed by atoms with Crippen LogP contribution in [0.25, 0.3) is 6.08 Å². The summed E-state index contributed by atoms with van der Waals surface area (Å²) in [6.07, 6.45) is 6.29. The molecular formula is C15H19NO3S. The number of carboxylic acids is 1. The lowest BCUT2D eigenvalue weighted by Gasteiger charge is -2.26. The minimum absolute atomic E-state index is 0.0212. The second kappa shape index (κ2) is 6.70. The molecule has 20 heavy (non-hydrogen) atoms. The first-order valence-corrected chi connectivity index (χ1v) is 7.64. The van der Waals surface area contributed by atoms with Gasteiger partial charge in [-0.2, -0.15) is 0 Å². The Labute approximate surface area is 122 Å². The van der Waals surface area contributed by atoms with Gasteiger partial charge in [0.05, 0.1) is 5.92 Å². The second-order valence-electron chi connectivity index (χ2n) is 5.19. The lowest BCUT2D eigenvalue weighted by Crippen LogP contribution is -2.39. The number of amides is 1. The van der Waals surface area contributed by atoms with Crippen molar-refractivity contribution in [2.24, 2.45) is 5.92 Å². The Balaban J connectivity index is 1.85. The Morgan fingerprint density at radius 3 is 2.85 bits per heavy atom. The molecule has 0 radical (unpaired) electrons. The molecule has 108 valence electrons. The van der Waals surface area contributed by atoms with E-state index in [0.717, 1.165) is 17.7 Å². The van der Waals surface area contributed by atoms with Gasteiger partial charge in [-0.05, 0) is 44.4 Å². The fraction of sp³-hybridized carbons (Fsp3) is 0.467. The zero-order valence-electron chi connectivity index (χ0n) is 11.5. The van der Waals surface area contributed by atoms with Crippen molar-refractivity contribution in [2.45, 2.75) is 38.6 Å². The molecular weight excluding hydrogens is 274 g/mol. The second-order valence-corrected chi connectivity index (χ2v) is 6.51. The van der Waals surface area contributed by atoms with E-state index in [1.165, 1.54) is 11.0 Å². The van der Waals surface area contributed by atoms with Gasteiger partial charge in [0.1, 0.15) is 0 Å². The highest BCUT2D eigenvalue weighted by Crippen LogP contribution is 2.24. The van der Waals surface area contributed by atoms with Gasteiger partial charge in [0.2, 0.25) is 5.91 Å². The minimum atomic E-state index is -0.756. The molecule has 1 fully saturated rings. The van der Waals surface area contributed by atoms with Crippen molar-refractivity contribution in [3.05, 3.63) is 28.0 Å². The predicted molar refractivity (Wildman–Crippen MR) is 79.6 cm³/mol. The van der Waals surface area contributed by atoms with Gasteiger partial charge in [-0.3, -0.25) is 9.59 Å². The number of rotatable bonds is 4. The highest BCUT2D eigenvalue weighted by Gasteiger charge is 2.27. The number of thiophene rings is 1. The molecule has 0 bridgehead atoms. The van der Waals surface area contributed by atoms with E-state index in [1.807, 2.05) is 19.1 Å². The summed E-state index contributed by atoms with van der Waals surface area (Å²) in [4.78, 5) is 25.1. The van der Waals surface area contributed by atoms with Crippen LogP contribution in [-0.4, -0.2) is 23.0 Å². The molecule has 1 aliphatic rings. The molecule has 2 unspecified atom stereocenters. The highest BCUT2D eigenvalue weighted by molar-refractivity contribution is 7.12. The number of nitrogens with one attached hydrogen (secondary N) is 1. The Kier molecular flexibility index (Phi) is 4.95. The number of hydrogen-bond donors (Lipinski definition) is 2. The lowest BCUT2D eigenvalue weighted by molar-refractivity contribution is -0.143. The van der Waals surface area contributed by atoms with E-state index in [2.05, 4.69) is 5.32 Å². The third-order valence-corrected chi connectivity index (χ3v) is 4.50. The fourth-order valence-electron chi connectivity index (χ4n) is 2.50. The quantitative estimate of drug-likeness (QED) is 0.839. The first-order valence-electron chi connectivity index (χ1n) is 6.82. The first-order chi connectivity index (χ1) is 9.54. The topological polar surface area (TPSA) is 66.4 Å². The average Bonchev–Trinajstić information content (AvgIpc) is 2.82. The average molecular weight is 293 g/mol. The third-order valence-electron chi connectivity index (χ3n) is 3.53. The van der Waals surface area contributed by atoms with Crippen molar-refractivity contribution in [3.63, 3.8) is 0 Å². The normalized spacial score (nSPS) is 22.9. The molecule has 2 rings (SSSR count). The van der Waals surface area contributed by atoms with Crippen molar-refractivity contribution in [1.29, 1.82) is 0 Å². The van der Waals surface area contributed by atoms with Crippen LogP contribution in [0.15, 0.2) is 18.2 Å². The summed E-state index contributed by atoms with van der Waals surface area (Å²) in [5.41, 5.74) is 0. The molecule has 1 saturated carbocycles. The van der Waals surface area contributed by atoms with Crippen LogP contribution >= 0.6 is 11.3 Å². The van der Waals surface area contributed by atoms with Crippen LogP contribution < -0.4 is 5.32 Å². The summed E-state index contributed by atoms with van der Waals surface area (Å²) >= 11 is 1.64. The molecule has 2 N–H and O–H groups in total. The molecule has 1 aliphatic carbocycles. The summed E-state index contributed by atoms with van der Waals surface area (Å²) < 4.78 is 0. The zero-order chi connectivity index (χ0) is 14.5. The molecule has 0 saturated heterocycles. The number of aliphatic carboxylic acids is 1. The first kappa shape index (κ1) is 14.8. The summed E-state index contributed by atoms with van der Waals surface area (Å²) in [7, 11) is 0. The SMILES string of the molecule is Cc1ccc(C=CC(=O)NC2CCCC(C(=O)O)C2)s1. The van der Waals surface area contributed by atoms with E-state index in [0.29, 0.717) is 12.8 Å². The van der Waals surface area contributed by atoms with Gasteiger partial charge in [0.15, 0.2) is 0 Å². The van der Waals surface area contributed by atoms with Crippen LogP contribution in [0.3, 0.4) is 0 Å². The maximum absolute atomic E-state index is 11.8. The Bertz CT molecular complexity index is 521. The van der Waals surface area contributed by atoms with Gasteiger partial charge in [0, 0.05) is 21.9 Å². The summed E-state index contributed by atoms with van der Waals surface area (Å²) in [6.45, 7) is 2.02. The van der Waals surface area contributed by atoms with Crippen LogP contribution in [-0.2, 0) is 9.59 Å². The van der Waals surface area contributed by atoms with Crippen LogP contribution in [0.4, 0.5) is 0 Å². The Morgan fingerprint density at radius 2 is 2.20 bits per heavy atom. The molecule has 1 aromatic heterocycles. The molecule has 0 spiro atoms. The smallest absolute Gasteiger partial charge is 0.306 e. The molecule has 5 heteroatoms. The molecule has 2 atom stereocenters. The monoisotopic (exact) mass is 293 g/mol. The van der Waals surface area contributed by atoms with E-state index >= 15 is 0 Å². The maximum Gasteiger partial charge on any atom is 0.306 e. The summed E-state index contributed by atoms with van der Waals surface area (Å²) in [5.74, 6) is -1.22. The molecule has 1 aromatic rings. The van der Waals surface area contributed by atoms with E-state index < -0.39 is 5.97 Å². The standard InChI is InChI=1S/C15H19NO3S/c1-10-5-6-13(20-10)7-8-14(17)16-12-4-2-3-11(9-12)15(18)19/h5-8,11-12H,2-4,9H2,1H3,(H,16,17)(H,18,19). The zero-order valence-corrected chi connectivity index (χ0v) is 12.3. The van der Waals surface area contributed by atoms with Crippen LogP contribution in [0.1, 0.15) is 35.4 Å². The van der Waals surface area contributed by atoms with Crippen molar-refractivity contribution in [1.82, 2.24) is 5.32 Å². The van der Waals surface area contributed by atoms with Gasteiger partial charge in [0.25, 0.3) is 0 Å². The van der Waals surface area contributed by atoms with Crippen LogP contribution in [0, 0.1) is 12.8 Å². The van der Waals surface area contributed by atoms with Gasteiger partial charge < -0.3 is 10.4 Å². The van der Waals surface area contributed by atoms with Gasteiger partial charge in [-0.1, -0.05) is 6.42 Å². The maximum atomic E-state index is 11.8. The number of carbonyl (C=O) groups excluding carboxylic acids is 1. The van der Waals surface area contributed by atoms with Gasteiger partial charge in [-0.15, -0.1) is 11.3 Å². The van der Waals surface area contributed by atoms with E-state index in [1.54, 1.807) is 17.4 Å². The van der Waals surface area contributed by atoms with Crippen molar-refractivity contribution in [2.75, 3.05) is 0 Å². The molecule has 4 nitrogen and oxygen atoms in total. The lowest BCUT2D eigenvalue weighted by atomic mass is 9.86. The van der Waals surface area contributed by atoms with Crippen molar-refractivity contribution < 1.29 is 14.7 Å². The van der Waals surface area contributed by atoms with Crippen molar-refractivity contribution >= 4 is 29.3 Å². The Hall–Kier alpha value is -1.62. The van der Waals surface area contributed by atoms with Gasteiger partial charge in [-0.25, -0.2) is 0 Å². The van der Waals surface area contributed by atoms with Gasteiger partial charge >= 0.3 is 5.97 Å². The largest absolute Gasteiger partial charge is 0.481 e. The van der Waals surface area contributed by atoms with E-state index in [-0.39, 0.29) is 17.9 Å². The molecule has 0 aliphatic heterocycles. The third kappa shape index (κ3) is 4.20. The Morgan fingerprint density at radius 1 is 1.40 bits per heavy atom. The number of carbonyl (C=O) groups is 2.